The van der Waals surface area contributed by atoms with Crippen molar-refractivity contribution in [2.75, 3.05) is 6.54 Å². The van der Waals surface area contributed by atoms with Gasteiger partial charge in [0.25, 0.3) is 0 Å². The second-order valence-electron chi connectivity index (χ2n) is 7.87. The summed E-state index contributed by atoms with van der Waals surface area (Å²) >= 11 is 3.19. The van der Waals surface area contributed by atoms with Crippen LogP contribution in [0.3, 0.4) is 0 Å². The Morgan fingerprint density at radius 3 is 1.90 bits per heavy atom. The Kier molecular flexibility index (Phi) is 9.23. The lowest BCUT2D eigenvalue weighted by atomic mass is 10.1. The topological polar surface area (TPSA) is 84.0 Å². The van der Waals surface area contributed by atoms with E-state index < -0.39 is 0 Å². The molecular formula is C21H32N4O2S2. The minimum atomic E-state index is -0.0821. The van der Waals surface area contributed by atoms with Gasteiger partial charge < -0.3 is 10.6 Å². The lowest BCUT2D eigenvalue weighted by Crippen LogP contribution is -2.44. The van der Waals surface area contributed by atoms with Gasteiger partial charge in [0.1, 0.15) is 0 Å². The van der Waals surface area contributed by atoms with Crippen LogP contribution in [0.5, 0.6) is 0 Å². The number of aromatic nitrogens is 2. The maximum absolute atomic E-state index is 12.4. The Morgan fingerprint density at radius 1 is 0.931 bits per heavy atom. The number of carbonyl (C=O) groups excluding carboxylic acids is 2. The summed E-state index contributed by atoms with van der Waals surface area (Å²) in [5, 5.41) is 12.0. The largest absolute Gasteiger partial charge is 0.354 e. The number of hydrogen-bond acceptors (Lipinski definition) is 6. The fraction of sp³-hybridized carbons (Fsp3) is 0.619. The third-order valence-electron chi connectivity index (χ3n) is 4.36. The van der Waals surface area contributed by atoms with Gasteiger partial charge in [0, 0.05) is 35.2 Å². The third kappa shape index (κ3) is 7.85. The van der Waals surface area contributed by atoms with Crippen LogP contribution in [0.1, 0.15) is 80.7 Å². The van der Waals surface area contributed by atoms with Crippen molar-refractivity contribution in [3.63, 3.8) is 0 Å². The third-order valence-corrected chi connectivity index (χ3v) is 6.75. The van der Waals surface area contributed by atoms with Crippen LogP contribution >= 0.6 is 22.7 Å². The smallest absolute Gasteiger partial charge is 0.226 e. The van der Waals surface area contributed by atoms with Gasteiger partial charge in [-0.15, -0.1) is 22.7 Å². The van der Waals surface area contributed by atoms with Gasteiger partial charge in [-0.25, -0.2) is 9.97 Å². The summed E-state index contributed by atoms with van der Waals surface area (Å²) in [6, 6.07) is -0.0821. The molecule has 2 aromatic heterocycles. The number of hydrogen-bond donors (Lipinski definition) is 2. The second kappa shape index (κ2) is 11.4. The quantitative estimate of drug-likeness (QED) is 0.557. The summed E-state index contributed by atoms with van der Waals surface area (Å²) < 4.78 is 0. The molecule has 0 aliphatic rings. The number of nitrogens with one attached hydrogen (secondary N) is 2. The van der Waals surface area contributed by atoms with Crippen molar-refractivity contribution in [3.05, 3.63) is 32.2 Å². The van der Waals surface area contributed by atoms with Crippen molar-refractivity contribution in [1.82, 2.24) is 20.6 Å². The molecule has 160 valence electrons. The van der Waals surface area contributed by atoms with Gasteiger partial charge in [0.05, 0.1) is 34.2 Å². The summed E-state index contributed by atoms with van der Waals surface area (Å²) in [6.45, 7) is 10.9. The van der Waals surface area contributed by atoms with Gasteiger partial charge in [0.2, 0.25) is 11.8 Å². The zero-order valence-corrected chi connectivity index (χ0v) is 19.6. The van der Waals surface area contributed by atoms with E-state index in [2.05, 4.69) is 55.2 Å². The SMILES string of the molecule is CCCC(CNC(=O)Cc1csc(C(C)C)n1)NC(=O)Cc1csc(C(C)C)n1. The molecule has 0 aliphatic heterocycles. The van der Waals surface area contributed by atoms with E-state index in [9.17, 15) is 9.59 Å². The van der Waals surface area contributed by atoms with E-state index in [1.807, 2.05) is 10.8 Å². The number of thiazole rings is 2. The maximum atomic E-state index is 12.4. The highest BCUT2D eigenvalue weighted by Gasteiger charge is 2.16. The highest BCUT2D eigenvalue weighted by molar-refractivity contribution is 7.10. The Morgan fingerprint density at radius 2 is 1.45 bits per heavy atom. The first kappa shape index (κ1) is 23.5. The van der Waals surface area contributed by atoms with Crippen LogP contribution < -0.4 is 10.6 Å². The number of rotatable bonds is 11. The molecule has 6 nitrogen and oxygen atoms in total. The van der Waals surface area contributed by atoms with Gasteiger partial charge in [0.15, 0.2) is 0 Å². The average Bonchev–Trinajstić information content (AvgIpc) is 3.29. The van der Waals surface area contributed by atoms with E-state index >= 15 is 0 Å². The van der Waals surface area contributed by atoms with Gasteiger partial charge >= 0.3 is 0 Å². The lowest BCUT2D eigenvalue weighted by molar-refractivity contribution is -0.123. The normalized spacial score (nSPS) is 12.4. The molecule has 2 heterocycles. The molecule has 29 heavy (non-hydrogen) atoms. The molecule has 2 amide bonds. The van der Waals surface area contributed by atoms with Gasteiger partial charge in [-0.2, -0.15) is 0 Å². The van der Waals surface area contributed by atoms with Crippen LogP contribution in [0.25, 0.3) is 0 Å². The van der Waals surface area contributed by atoms with Crippen LogP contribution in [0.2, 0.25) is 0 Å². The monoisotopic (exact) mass is 436 g/mol. The minimum absolute atomic E-state index is 0.0561. The first-order valence-corrected chi connectivity index (χ1v) is 12.0. The fourth-order valence-corrected chi connectivity index (χ4v) is 4.49. The standard InChI is InChI=1S/C21H32N4O2S2/c1-6-7-15(23-19(27)9-17-12-29-21(25-17)14(4)5)10-22-18(26)8-16-11-28-20(24-16)13(2)3/h11-15H,6-10H2,1-5H3,(H,22,26)(H,23,27). The molecule has 2 aromatic rings. The first-order valence-electron chi connectivity index (χ1n) is 10.2. The van der Waals surface area contributed by atoms with E-state index in [0.717, 1.165) is 34.2 Å². The van der Waals surface area contributed by atoms with Gasteiger partial charge in [-0.1, -0.05) is 41.0 Å². The fourth-order valence-electron chi connectivity index (χ4n) is 2.82. The van der Waals surface area contributed by atoms with Gasteiger partial charge in [-0.05, 0) is 6.42 Å². The number of carbonyl (C=O) groups is 2. The van der Waals surface area contributed by atoms with E-state index in [0.29, 0.717) is 18.4 Å². The number of nitrogens with zero attached hydrogens (tertiary/aromatic N) is 2. The molecule has 0 spiro atoms. The first-order chi connectivity index (χ1) is 13.8. The Hall–Kier alpha value is -1.80. The Bertz CT molecular complexity index is 798. The highest BCUT2D eigenvalue weighted by Crippen LogP contribution is 2.20. The van der Waals surface area contributed by atoms with Crippen LogP contribution in [-0.2, 0) is 22.4 Å². The van der Waals surface area contributed by atoms with E-state index in [1.165, 1.54) is 0 Å². The average molecular weight is 437 g/mol. The van der Waals surface area contributed by atoms with Crippen LogP contribution in [0, 0.1) is 0 Å². The summed E-state index contributed by atoms with van der Waals surface area (Å²) in [4.78, 5) is 33.7. The highest BCUT2D eigenvalue weighted by atomic mass is 32.1. The molecule has 8 heteroatoms. The molecule has 0 aromatic carbocycles. The summed E-state index contributed by atoms with van der Waals surface area (Å²) in [7, 11) is 0. The molecule has 2 rings (SSSR count). The predicted molar refractivity (Wildman–Crippen MR) is 120 cm³/mol. The molecule has 0 saturated carbocycles. The molecule has 2 N–H and O–H groups in total. The van der Waals surface area contributed by atoms with Crippen molar-refractivity contribution in [3.8, 4) is 0 Å². The zero-order valence-electron chi connectivity index (χ0n) is 17.9. The van der Waals surface area contributed by atoms with Crippen molar-refractivity contribution < 1.29 is 9.59 Å². The van der Waals surface area contributed by atoms with Crippen molar-refractivity contribution in [2.24, 2.45) is 0 Å². The Balaban J connectivity index is 1.81. The zero-order chi connectivity index (χ0) is 21.4. The predicted octanol–water partition coefficient (Wildman–Crippen LogP) is 4.03. The molecular weight excluding hydrogens is 404 g/mol. The summed E-state index contributed by atoms with van der Waals surface area (Å²) in [5.74, 6) is 0.617. The van der Waals surface area contributed by atoms with Crippen molar-refractivity contribution >= 4 is 34.5 Å². The second-order valence-corrected chi connectivity index (χ2v) is 9.65. The van der Waals surface area contributed by atoms with Crippen molar-refractivity contribution in [1.29, 1.82) is 0 Å². The maximum Gasteiger partial charge on any atom is 0.226 e. The van der Waals surface area contributed by atoms with Gasteiger partial charge in [-0.3, -0.25) is 9.59 Å². The van der Waals surface area contributed by atoms with Crippen LogP contribution in [0.4, 0.5) is 0 Å². The molecule has 0 radical (unpaired) electrons. The molecule has 0 aliphatic carbocycles. The van der Waals surface area contributed by atoms with E-state index in [4.69, 9.17) is 0 Å². The van der Waals surface area contributed by atoms with E-state index in [-0.39, 0.29) is 30.7 Å². The summed E-state index contributed by atoms with van der Waals surface area (Å²) in [5.41, 5.74) is 1.61. The molecule has 1 unspecified atom stereocenters. The lowest BCUT2D eigenvalue weighted by Gasteiger charge is -2.18. The molecule has 0 bridgehead atoms. The summed E-state index contributed by atoms with van der Waals surface area (Å²) in [6.07, 6.45) is 2.29. The Labute approximate surface area is 181 Å². The van der Waals surface area contributed by atoms with Crippen LogP contribution in [-0.4, -0.2) is 34.4 Å². The van der Waals surface area contributed by atoms with E-state index in [1.54, 1.807) is 22.7 Å². The minimum Gasteiger partial charge on any atom is -0.354 e. The molecule has 1 atom stereocenters. The van der Waals surface area contributed by atoms with Crippen molar-refractivity contribution in [2.45, 2.75) is 78.2 Å². The molecule has 0 saturated heterocycles. The number of amides is 2. The molecule has 0 fully saturated rings. The van der Waals surface area contributed by atoms with Crippen LogP contribution in [0.15, 0.2) is 10.8 Å².